The number of para-hydroxylation sites is 1. The smallest absolute Gasteiger partial charge is 0.459 e. The van der Waals surface area contributed by atoms with Crippen LogP contribution in [-0.4, -0.2) is 67.3 Å². The number of aliphatic hydroxyl groups excluding tert-OH is 1. The third kappa shape index (κ3) is 6.58. The number of hydrogen-bond acceptors (Lipinski definition) is 11. The zero-order valence-corrected chi connectivity index (χ0v) is 23.8. The Labute approximate surface area is 239 Å². The topological polar surface area (TPSA) is 200 Å². The Balaban J connectivity index is 1.62. The molecular weight excluding hydrogens is 581 g/mol. The van der Waals surface area contributed by atoms with E-state index in [4.69, 9.17) is 35.9 Å². The maximum absolute atomic E-state index is 13.8. The number of nitrogens with one attached hydrogen (secondary N) is 2. The number of aromatic nitrogens is 3. The van der Waals surface area contributed by atoms with Crippen LogP contribution in [0, 0.1) is 11.3 Å². The Morgan fingerprint density at radius 1 is 1.34 bits per heavy atom. The Bertz CT molecular complexity index is 1570. The van der Waals surface area contributed by atoms with Gasteiger partial charge in [0.05, 0.1) is 18.1 Å². The van der Waals surface area contributed by atoms with Gasteiger partial charge in [-0.05, 0) is 56.5 Å². The fourth-order valence-corrected chi connectivity index (χ4v) is 5.80. The minimum atomic E-state index is -4.33. The molecule has 0 saturated carbocycles. The van der Waals surface area contributed by atoms with Crippen LogP contribution < -0.4 is 20.9 Å². The van der Waals surface area contributed by atoms with Crippen LogP contribution in [0.3, 0.4) is 0 Å². The number of anilines is 1. The number of esters is 1. The first-order valence-electron chi connectivity index (χ1n) is 12.4. The maximum Gasteiger partial charge on any atom is 0.459 e. The predicted molar refractivity (Wildman–Crippen MR) is 148 cm³/mol. The van der Waals surface area contributed by atoms with Crippen LogP contribution in [0.1, 0.15) is 27.0 Å². The Morgan fingerprint density at radius 2 is 2.05 bits per heavy atom. The molecule has 4 rings (SSSR count). The first-order valence-corrected chi connectivity index (χ1v) is 14.3. The second-order valence-electron chi connectivity index (χ2n) is 9.46. The number of nitrogen functional groups attached to an aromatic ring is 1. The van der Waals surface area contributed by atoms with Gasteiger partial charge in [-0.15, -0.1) is 0 Å². The highest BCUT2D eigenvalue weighted by atomic mass is 35.5. The molecule has 2 unspecified atom stereocenters. The van der Waals surface area contributed by atoms with Crippen LogP contribution >= 0.6 is 19.3 Å². The lowest BCUT2D eigenvalue weighted by atomic mass is 9.95. The minimum Gasteiger partial charge on any atom is -0.462 e. The molecule has 0 spiro atoms. The van der Waals surface area contributed by atoms with Gasteiger partial charge in [0.15, 0.2) is 11.9 Å². The number of aromatic amines is 1. The van der Waals surface area contributed by atoms with Gasteiger partial charge in [-0.1, -0.05) is 18.2 Å². The number of hydrogen-bond donors (Lipinski definition) is 5. The highest BCUT2D eigenvalue weighted by Gasteiger charge is 2.56. The molecule has 1 saturated heterocycles. The Kier molecular flexibility index (Phi) is 9.10. The molecule has 0 amide bonds. The zero-order valence-electron chi connectivity index (χ0n) is 22.2. The van der Waals surface area contributed by atoms with Crippen molar-refractivity contribution in [3.05, 3.63) is 52.9 Å². The van der Waals surface area contributed by atoms with E-state index in [1.54, 1.807) is 32.0 Å². The largest absolute Gasteiger partial charge is 0.462 e. The van der Waals surface area contributed by atoms with Crippen LogP contribution in [-0.2, 0) is 23.4 Å². The standard InChI is InChI=1S/C25H29ClN5O9P/c1-14(2)38-22(34)15(3)30-41(36,40-16-7-5-4-6-8-16)37-13-18-19(32)25(35,10-11-26)23(39-18)31-12-9-17-20(31)28-24(27)29-21(17)33/h4-9,12,14-15,18-19,23,32,35H,13H2,1-3H3,(H,30,36)(H3,27,28,29,33)/t15-,18+,19-,23+,25?,41?/m0/s1. The van der Waals surface area contributed by atoms with Crippen molar-refractivity contribution in [2.24, 2.45) is 0 Å². The van der Waals surface area contributed by atoms with E-state index in [9.17, 15) is 24.4 Å². The van der Waals surface area contributed by atoms with Crippen molar-refractivity contribution in [3.8, 4) is 17.0 Å². The number of carbonyl (C=O) groups is 1. The third-order valence-electron chi connectivity index (χ3n) is 6.02. The van der Waals surface area contributed by atoms with Crippen LogP contribution in [0.25, 0.3) is 11.0 Å². The van der Waals surface area contributed by atoms with Crippen LogP contribution in [0.2, 0.25) is 0 Å². The fraction of sp³-hybridized carbons (Fsp3) is 0.400. The van der Waals surface area contributed by atoms with Crippen molar-refractivity contribution in [2.45, 2.75) is 57.0 Å². The summed E-state index contributed by atoms with van der Waals surface area (Å²) in [6.07, 6.45) is -3.60. The number of nitrogens with zero attached hydrogens (tertiary/aromatic N) is 2. The number of ether oxygens (including phenoxy) is 2. The number of fused-ring (bicyclic) bond motifs is 1. The van der Waals surface area contributed by atoms with Crippen molar-refractivity contribution >= 4 is 42.3 Å². The number of nitrogens with two attached hydrogens (primary N) is 1. The third-order valence-corrected chi connectivity index (χ3v) is 7.76. The molecule has 0 radical (unpaired) electrons. The second kappa shape index (κ2) is 12.2. The minimum absolute atomic E-state index is 0.0389. The van der Waals surface area contributed by atoms with Crippen LogP contribution in [0.15, 0.2) is 47.4 Å². The monoisotopic (exact) mass is 609 g/mol. The summed E-state index contributed by atoms with van der Waals surface area (Å²) in [5, 5.41) is 27.2. The summed E-state index contributed by atoms with van der Waals surface area (Å²) < 4.78 is 37.4. The summed E-state index contributed by atoms with van der Waals surface area (Å²) in [6, 6.07) is 8.35. The lowest BCUT2D eigenvalue weighted by molar-refractivity contribution is -0.149. The summed E-state index contributed by atoms with van der Waals surface area (Å²) in [5.74, 6) is 1.60. The summed E-state index contributed by atoms with van der Waals surface area (Å²) in [5.41, 5.74) is 2.87. The molecule has 3 heterocycles. The van der Waals surface area contributed by atoms with E-state index in [0.29, 0.717) is 0 Å². The van der Waals surface area contributed by atoms with Gasteiger partial charge >= 0.3 is 13.7 Å². The molecule has 2 aromatic heterocycles. The van der Waals surface area contributed by atoms with Crippen molar-refractivity contribution in [1.29, 1.82) is 0 Å². The molecule has 220 valence electrons. The SMILES string of the molecule is CC(C)OC(=O)[C@H](C)NP(=O)(OC[C@H]1O[C@@H](n2ccc3c(=O)[nH]c(N)nc32)C(O)(C#CCl)[C@H]1O)Oc1ccccc1. The lowest BCUT2D eigenvalue weighted by Crippen LogP contribution is -2.46. The van der Waals surface area contributed by atoms with Crippen molar-refractivity contribution in [2.75, 3.05) is 12.3 Å². The van der Waals surface area contributed by atoms with E-state index in [-0.39, 0.29) is 22.7 Å². The van der Waals surface area contributed by atoms with Crippen molar-refractivity contribution in [1.82, 2.24) is 19.6 Å². The molecule has 0 aliphatic carbocycles. The first-order chi connectivity index (χ1) is 19.4. The zero-order chi connectivity index (χ0) is 29.9. The van der Waals surface area contributed by atoms with Gasteiger partial charge < -0.3 is 34.5 Å². The fourth-order valence-electron chi connectivity index (χ4n) is 4.15. The molecule has 1 aromatic carbocycles. The molecule has 6 atom stereocenters. The molecule has 3 aromatic rings. The summed E-state index contributed by atoms with van der Waals surface area (Å²) in [7, 11) is -4.33. The first kappa shape index (κ1) is 30.5. The Hall–Kier alpha value is -3.41. The molecule has 1 fully saturated rings. The molecule has 16 heteroatoms. The number of H-pyrrole nitrogens is 1. The van der Waals surface area contributed by atoms with Crippen molar-refractivity contribution < 1.29 is 38.1 Å². The van der Waals surface area contributed by atoms with Gasteiger partial charge in [-0.2, -0.15) is 10.1 Å². The lowest BCUT2D eigenvalue weighted by Gasteiger charge is -2.26. The highest BCUT2D eigenvalue weighted by molar-refractivity contribution is 7.52. The number of halogens is 1. The van der Waals surface area contributed by atoms with Gasteiger partial charge in [0.1, 0.15) is 24.0 Å². The highest BCUT2D eigenvalue weighted by Crippen LogP contribution is 2.47. The van der Waals surface area contributed by atoms with E-state index < -0.39 is 62.1 Å². The van der Waals surface area contributed by atoms with E-state index >= 15 is 0 Å². The number of carbonyl (C=O) groups excluding carboxylic acids is 1. The van der Waals surface area contributed by atoms with Crippen LogP contribution in [0.4, 0.5) is 5.95 Å². The normalized spacial score (nSPS) is 24.4. The van der Waals surface area contributed by atoms with Gasteiger partial charge in [0.25, 0.3) is 5.56 Å². The average molecular weight is 610 g/mol. The molecule has 6 N–H and O–H groups in total. The van der Waals surface area contributed by atoms with Gasteiger partial charge in [0.2, 0.25) is 11.5 Å². The maximum atomic E-state index is 13.8. The molecule has 1 aliphatic rings. The Morgan fingerprint density at radius 3 is 2.71 bits per heavy atom. The van der Waals surface area contributed by atoms with E-state index in [1.165, 1.54) is 35.9 Å². The van der Waals surface area contributed by atoms with Gasteiger partial charge in [-0.3, -0.25) is 19.1 Å². The average Bonchev–Trinajstić information content (AvgIpc) is 3.42. The van der Waals surface area contributed by atoms with Gasteiger partial charge in [-0.25, -0.2) is 4.57 Å². The number of rotatable bonds is 10. The molecule has 0 bridgehead atoms. The summed E-state index contributed by atoms with van der Waals surface area (Å²) in [4.78, 5) is 31.2. The van der Waals surface area contributed by atoms with E-state index in [0.717, 1.165) is 0 Å². The molecular formula is C25H29ClN5O9P. The predicted octanol–water partition coefficient (Wildman–Crippen LogP) is 1.63. The molecule has 41 heavy (non-hydrogen) atoms. The van der Waals surface area contributed by atoms with Crippen LogP contribution in [0.5, 0.6) is 5.75 Å². The molecule has 1 aliphatic heterocycles. The quantitative estimate of drug-likeness (QED) is 0.127. The van der Waals surface area contributed by atoms with E-state index in [2.05, 4.69) is 21.0 Å². The number of aliphatic hydroxyl groups is 2. The second-order valence-corrected chi connectivity index (χ2v) is 11.3. The number of benzene rings is 1. The van der Waals surface area contributed by atoms with E-state index in [1.807, 2.05) is 5.38 Å². The summed E-state index contributed by atoms with van der Waals surface area (Å²) >= 11 is 5.61. The van der Waals surface area contributed by atoms with Crippen molar-refractivity contribution in [3.63, 3.8) is 0 Å². The molecule has 14 nitrogen and oxygen atoms in total. The van der Waals surface area contributed by atoms with Gasteiger partial charge in [0, 0.05) is 11.6 Å². The summed E-state index contributed by atoms with van der Waals surface area (Å²) in [6.45, 7) is 4.13.